The van der Waals surface area contributed by atoms with Crippen LogP contribution in [0.3, 0.4) is 0 Å². The second-order valence-corrected chi connectivity index (χ2v) is 11.1. The van der Waals surface area contributed by atoms with Crippen LogP contribution >= 0.6 is 11.6 Å². The lowest BCUT2D eigenvalue weighted by Gasteiger charge is -2.42. The fraction of sp³-hybridized carbons (Fsp3) is 0.536. The molecule has 1 aromatic carbocycles. The van der Waals surface area contributed by atoms with Gasteiger partial charge < -0.3 is 20.1 Å². The number of carbonyl (C=O) groups excluding carboxylic acids is 2. The van der Waals surface area contributed by atoms with Crippen LogP contribution in [0.2, 0.25) is 5.02 Å². The zero-order chi connectivity index (χ0) is 27.0. The summed E-state index contributed by atoms with van der Waals surface area (Å²) < 4.78 is 11.2. The van der Waals surface area contributed by atoms with Crippen molar-refractivity contribution in [2.45, 2.75) is 69.7 Å². The van der Waals surface area contributed by atoms with Crippen molar-refractivity contribution in [2.75, 3.05) is 13.7 Å². The van der Waals surface area contributed by atoms with Gasteiger partial charge in [-0.15, -0.1) is 6.42 Å². The lowest BCUT2D eigenvalue weighted by molar-refractivity contribution is -0.132. The number of ether oxygens (including phenoxy) is 2. The molecule has 2 fully saturated rings. The lowest BCUT2D eigenvalue weighted by atomic mass is 9.89. The van der Waals surface area contributed by atoms with E-state index in [9.17, 15) is 9.59 Å². The number of nitrogens with zero attached hydrogens (tertiary/aromatic N) is 1. The van der Waals surface area contributed by atoms with E-state index in [-0.39, 0.29) is 42.1 Å². The summed E-state index contributed by atoms with van der Waals surface area (Å²) in [4.78, 5) is 28.1. The highest BCUT2D eigenvalue weighted by atomic mass is 35.5. The summed E-state index contributed by atoms with van der Waals surface area (Å²) in [5, 5.41) is 15.4. The van der Waals surface area contributed by atoms with Gasteiger partial charge in [-0.3, -0.25) is 19.9 Å². The van der Waals surface area contributed by atoms with E-state index in [2.05, 4.69) is 16.6 Å². The van der Waals surface area contributed by atoms with Gasteiger partial charge in [0.2, 0.25) is 11.8 Å². The molecular weight excluding hydrogens is 492 g/mol. The summed E-state index contributed by atoms with van der Waals surface area (Å²) in [6.07, 6.45) is 11.2. The van der Waals surface area contributed by atoms with Crippen molar-refractivity contribution in [3.05, 3.63) is 40.9 Å². The van der Waals surface area contributed by atoms with Crippen molar-refractivity contribution in [3.8, 4) is 18.1 Å². The highest BCUT2D eigenvalue weighted by Gasteiger charge is 2.53. The first-order chi connectivity index (χ1) is 17.5. The second kappa shape index (κ2) is 10.4. The van der Waals surface area contributed by atoms with Crippen molar-refractivity contribution in [1.29, 1.82) is 5.41 Å². The molecule has 3 aliphatic rings. The summed E-state index contributed by atoms with van der Waals surface area (Å²) in [6, 6.07) is 4.75. The van der Waals surface area contributed by atoms with Gasteiger partial charge in [-0.2, -0.15) is 0 Å². The number of rotatable bonds is 8. The van der Waals surface area contributed by atoms with Crippen LogP contribution < -0.4 is 15.4 Å². The Morgan fingerprint density at radius 2 is 2.24 bits per heavy atom. The van der Waals surface area contributed by atoms with Gasteiger partial charge in [0.05, 0.1) is 25.1 Å². The number of terminal acetylenes is 1. The maximum atomic E-state index is 13.4. The summed E-state index contributed by atoms with van der Waals surface area (Å²) >= 11 is 6.24. The molecule has 0 aromatic heterocycles. The highest BCUT2D eigenvalue weighted by Crippen LogP contribution is 2.46. The average molecular weight is 527 g/mol. The van der Waals surface area contributed by atoms with Crippen molar-refractivity contribution < 1.29 is 19.1 Å². The minimum absolute atomic E-state index is 0.0380. The molecule has 3 N–H and O–H groups in total. The molecule has 2 heterocycles. The number of fused-ring (bicyclic) bond motifs is 1. The van der Waals surface area contributed by atoms with Crippen LogP contribution in [-0.2, 0) is 14.3 Å². The van der Waals surface area contributed by atoms with Gasteiger partial charge in [0, 0.05) is 30.0 Å². The number of guanidine groups is 1. The zero-order valence-corrected chi connectivity index (χ0v) is 22.5. The predicted molar refractivity (Wildman–Crippen MR) is 142 cm³/mol. The smallest absolute Gasteiger partial charge is 0.233 e. The van der Waals surface area contributed by atoms with E-state index in [1.807, 2.05) is 45.1 Å². The van der Waals surface area contributed by atoms with Crippen molar-refractivity contribution >= 4 is 29.4 Å². The molecule has 1 aromatic rings. The van der Waals surface area contributed by atoms with E-state index in [0.717, 1.165) is 5.56 Å². The molecule has 9 heteroatoms. The third-order valence-corrected chi connectivity index (χ3v) is 7.69. The summed E-state index contributed by atoms with van der Waals surface area (Å²) in [6.45, 7) is 6.24. The monoisotopic (exact) mass is 526 g/mol. The summed E-state index contributed by atoms with van der Waals surface area (Å²) in [5.74, 6) is 2.59. The van der Waals surface area contributed by atoms with E-state index in [4.69, 9.17) is 32.9 Å². The third kappa shape index (κ3) is 5.63. The third-order valence-electron chi connectivity index (χ3n) is 7.46. The standard InChI is InChI=1S/C28H35ClN4O4/c1-6-28(7-2)16-24(34)33(26(30)32-28)22(9-8-12-36-5)18-14-19(18)25(35)31-21-15-27(3,4)37-23-11-10-17(29)13-20(21)23/h1,8-11,13,18-19,21-22H,7,12,14-16H2,2-5H3,(H2,30,32)(H,31,35)/b9-8+/t18-,19-,21+,22?,28-/m1/s1. The topological polar surface area (TPSA) is 104 Å². The first kappa shape index (κ1) is 27.0. The Labute approximate surface area is 223 Å². The molecule has 5 atom stereocenters. The Bertz CT molecular complexity index is 1140. The van der Waals surface area contributed by atoms with E-state index in [0.29, 0.717) is 36.6 Å². The molecule has 2 aliphatic heterocycles. The molecule has 1 saturated heterocycles. The quantitative estimate of drug-likeness (QED) is 0.353. The van der Waals surface area contributed by atoms with Gasteiger partial charge in [0.15, 0.2) is 5.96 Å². The van der Waals surface area contributed by atoms with E-state index in [1.165, 1.54) is 4.90 Å². The molecule has 1 saturated carbocycles. The van der Waals surface area contributed by atoms with E-state index >= 15 is 0 Å². The molecule has 8 nitrogen and oxygen atoms in total. The second-order valence-electron chi connectivity index (χ2n) is 10.7. The maximum absolute atomic E-state index is 13.4. The van der Waals surface area contributed by atoms with Crippen LogP contribution in [-0.4, -0.2) is 53.6 Å². The molecular formula is C28H35ClN4O4. The van der Waals surface area contributed by atoms with Crippen LogP contribution in [0.1, 0.15) is 58.1 Å². The van der Waals surface area contributed by atoms with Gasteiger partial charge in [-0.1, -0.05) is 36.6 Å². The average Bonchev–Trinajstić information content (AvgIpc) is 3.63. The normalized spacial score (nSPS) is 29.1. The van der Waals surface area contributed by atoms with E-state index in [1.54, 1.807) is 13.2 Å². The number of methoxy groups -OCH3 is 1. The van der Waals surface area contributed by atoms with Gasteiger partial charge in [0.1, 0.15) is 16.9 Å². The summed E-state index contributed by atoms with van der Waals surface area (Å²) in [5.41, 5.74) is -0.455. The SMILES string of the molecule is C#C[C@@]1(CC)CC(=O)N(C(/C=C/COC)[C@@H]2C[C@H]2C(=O)N[C@H]2CC(C)(C)Oc3ccc(Cl)cc32)C(=N)N1. The van der Waals surface area contributed by atoms with Crippen molar-refractivity contribution in [3.63, 3.8) is 0 Å². The van der Waals surface area contributed by atoms with Gasteiger partial charge in [0.25, 0.3) is 0 Å². The molecule has 198 valence electrons. The molecule has 1 unspecified atom stereocenters. The van der Waals surface area contributed by atoms with Crippen LogP contribution in [0.15, 0.2) is 30.4 Å². The minimum Gasteiger partial charge on any atom is -0.487 e. The van der Waals surface area contributed by atoms with Crippen LogP contribution in [0, 0.1) is 29.6 Å². The predicted octanol–water partition coefficient (Wildman–Crippen LogP) is 3.80. The fourth-order valence-electron chi connectivity index (χ4n) is 5.36. The fourth-order valence-corrected chi connectivity index (χ4v) is 5.54. The van der Waals surface area contributed by atoms with Crippen LogP contribution in [0.4, 0.5) is 0 Å². The maximum Gasteiger partial charge on any atom is 0.233 e. The molecule has 37 heavy (non-hydrogen) atoms. The number of carbonyl (C=O) groups is 2. The Hall–Kier alpha value is -3.02. The van der Waals surface area contributed by atoms with Gasteiger partial charge >= 0.3 is 0 Å². The van der Waals surface area contributed by atoms with Gasteiger partial charge in [-0.05, 0) is 50.8 Å². The number of hydrogen-bond acceptors (Lipinski definition) is 5. The minimum atomic E-state index is -0.865. The molecule has 1 aliphatic carbocycles. The number of hydrogen-bond donors (Lipinski definition) is 3. The molecule has 2 amide bonds. The Kier molecular flexibility index (Phi) is 7.59. The molecule has 0 radical (unpaired) electrons. The Morgan fingerprint density at radius 1 is 1.49 bits per heavy atom. The highest BCUT2D eigenvalue weighted by molar-refractivity contribution is 6.30. The largest absolute Gasteiger partial charge is 0.487 e. The number of halogens is 1. The first-order valence-electron chi connectivity index (χ1n) is 12.6. The molecule has 0 spiro atoms. The zero-order valence-electron chi connectivity index (χ0n) is 21.8. The molecule has 4 rings (SSSR count). The number of benzene rings is 1. The van der Waals surface area contributed by atoms with E-state index < -0.39 is 17.2 Å². The Balaban J connectivity index is 1.52. The van der Waals surface area contributed by atoms with Crippen LogP contribution in [0.5, 0.6) is 5.75 Å². The number of amides is 2. The van der Waals surface area contributed by atoms with Crippen molar-refractivity contribution in [1.82, 2.24) is 15.5 Å². The van der Waals surface area contributed by atoms with Crippen LogP contribution in [0.25, 0.3) is 0 Å². The lowest BCUT2D eigenvalue weighted by Crippen LogP contribution is -2.64. The van der Waals surface area contributed by atoms with Gasteiger partial charge in [-0.25, -0.2) is 0 Å². The molecule has 0 bridgehead atoms. The first-order valence-corrected chi connectivity index (χ1v) is 13.0. The Morgan fingerprint density at radius 3 is 2.89 bits per heavy atom. The van der Waals surface area contributed by atoms with Crippen molar-refractivity contribution in [2.24, 2.45) is 11.8 Å². The number of nitrogens with one attached hydrogen (secondary N) is 3. The summed E-state index contributed by atoms with van der Waals surface area (Å²) in [7, 11) is 1.59.